The van der Waals surface area contributed by atoms with Crippen molar-refractivity contribution in [3.63, 3.8) is 0 Å². The van der Waals surface area contributed by atoms with Gasteiger partial charge < -0.3 is 10.5 Å². The highest BCUT2D eigenvalue weighted by molar-refractivity contribution is 5.76. The van der Waals surface area contributed by atoms with E-state index in [1.54, 1.807) is 6.07 Å². The molecule has 0 atom stereocenters. The number of nitrogens with two attached hydrogens (primary N) is 1. The molecule has 3 nitrogen and oxygen atoms in total. The SMILES string of the molecule is NC(=O)CC#Cc1cccc(OC(F)F)c1. The van der Waals surface area contributed by atoms with Crippen molar-refractivity contribution < 1.29 is 18.3 Å². The van der Waals surface area contributed by atoms with Crippen molar-refractivity contribution in [1.82, 2.24) is 0 Å². The summed E-state index contributed by atoms with van der Waals surface area (Å²) in [6, 6.07) is 5.91. The second kappa shape index (κ2) is 5.71. The molecule has 2 N–H and O–H groups in total. The first-order chi connectivity index (χ1) is 7.58. The zero-order chi connectivity index (χ0) is 12.0. The van der Waals surface area contributed by atoms with Crippen LogP contribution in [-0.2, 0) is 4.79 Å². The topological polar surface area (TPSA) is 52.3 Å². The number of ether oxygens (including phenoxy) is 1. The molecule has 0 spiro atoms. The molecule has 0 aliphatic heterocycles. The number of benzene rings is 1. The zero-order valence-corrected chi connectivity index (χ0v) is 8.24. The van der Waals surface area contributed by atoms with Gasteiger partial charge in [0.25, 0.3) is 0 Å². The fourth-order valence-electron chi connectivity index (χ4n) is 0.983. The van der Waals surface area contributed by atoms with E-state index in [0.29, 0.717) is 5.56 Å². The Balaban J connectivity index is 2.73. The lowest BCUT2D eigenvalue weighted by Crippen LogP contribution is -2.08. The monoisotopic (exact) mass is 225 g/mol. The van der Waals surface area contributed by atoms with Gasteiger partial charge in [0.1, 0.15) is 5.75 Å². The first kappa shape index (κ1) is 12.0. The van der Waals surface area contributed by atoms with Crippen LogP contribution < -0.4 is 10.5 Å². The molecule has 1 rings (SSSR count). The minimum absolute atomic E-state index is 0.0286. The number of hydrogen-bond acceptors (Lipinski definition) is 2. The molecular weight excluding hydrogens is 216 g/mol. The Labute approximate surface area is 91.2 Å². The van der Waals surface area contributed by atoms with Gasteiger partial charge >= 0.3 is 6.61 Å². The average Bonchev–Trinajstić information content (AvgIpc) is 2.16. The number of carbonyl (C=O) groups excluding carboxylic acids is 1. The highest BCUT2D eigenvalue weighted by Gasteiger charge is 2.03. The quantitative estimate of drug-likeness (QED) is 0.793. The molecule has 5 heteroatoms. The molecule has 16 heavy (non-hydrogen) atoms. The van der Waals surface area contributed by atoms with Crippen molar-refractivity contribution in [3.8, 4) is 17.6 Å². The van der Waals surface area contributed by atoms with Crippen molar-refractivity contribution in [2.45, 2.75) is 13.0 Å². The average molecular weight is 225 g/mol. The van der Waals surface area contributed by atoms with Gasteiger partial charge in [-0.15, -0.1) is 0 Å². The molecule has 0 saturated heterocycles. The Morgan fingerprint density at radius 2 is 2.25 bits per heavy atom. The second-order valence-corrected chi connectivity index (χ2v) is 2.85. The molecule has 84 valence electrons. The van der Waals surface area contributed by atoms with E-state index in [4.69, 9.17) is 5.73 Å². The fourth-order valence-corrected chi connectivity index (χ4v) is 0.983. The van der Waals surface area contributed by atoms with Gasteiger partial charge in [-0.2, -0.15) is 8.78 Å². The molecule has 0 aliphatic carbocycles. The minimum atomic E-state index is -2.87. The normalized spacial score (nSPS) is 9.44. The molecule has 0 unspecified atom stereocenters. The summed E-state index contributed by atoms with van der Waals surface area (Å²) in [7, 11) is 0. The first-order valence-electron chi connectivity index (χ1n) is 4.40. The summed E-state index contributed by atoms with van der Waals surface area (Å²) in [6.45, 7) is -2.87. The van der Waals surface area contributed by atoms with E-state index < -0.39 is 12.5 Å². The molecule has 0 aromatic heterocycles. The van der Waals surface area contributed by atoms with Gasteiger partial charge in [0, 0.05) is 5.56 Å². The number of halogens is 2. The van der Waals surface area contributed by atoms with Gasteiger partial charge in [-0.25, -0.2) is 0 Å². The molecule has 1 amide bonds. The Kier molecular flexibility index (Phi) is 4.28. The van der Waals surface area contributed by atoms with Crippen LogP contribution in [0.25, 0.3) is 0 Å². The molecule has 0 saturated carbocycles. The van der Waals surface area contributed by atoms with Gasteiger partial charge in [0.05, 0.1) is 6.42 Å². The maximum absolute atomic E-state index is 11.9. The molecule has 0 fully saturated rings. The third kappa shape index (κ3) is 4.42. The number of primary amides is 1. The number of rotatable bonds is 3. The van der Waals surface area contributed by atoms with E-state index in [9.17, 15) is 13.6 Å². The lowest BCUT2D eigenvalue weighted by molar-refractivity contribution is -0.117. The summed E-state index contributed by atoms with van der Waals surface area (Å²) < 4.78 is 28.0. The van der Waals surface area contributed by atoms with E-state index >= 15 is 0 Å². The van der Waals surface area contributed by atoms with Gasteiger partial charge in [-0.3, -0.25) is 4.79 Å². The predicted octanol–water partition coefficient (Wildman–Crippen LogP) is 1.51. The maximum Gasteiger partial charge on any atom is 0.387 e. The zero-order valence-electron chi connectivity index (χ0n) is 8.24. The van der Waals surface area contributed by atoms with Crippen molar-refractivity contribution in [2.75, 3.05) is 0 Å². The first-order valence-corrected chi connectivity index (χ1v) is 4.40. The summed E-state index contributed by atoms with van der Waals surface area (Å²) in [5.41, 5.74) is 5.37. The summed E-state index contributed by atoms with van der Waals surface area (Å²) in [5, 5.41) is 0. The van der Waals surface area contributed by atoms with Crippen LogP contribution in [-0.4, -0.2) is 12.5 Å². The fraction of sp³-hybridized carbons (Fsp3) is 0.182. The van der Waals surface area contributed by atoms with Crippen LogP contribution in [0.3, 0.4) is 0 Å². The van der Waals surface area contributed by atoms with Gasteiger partial charge in [-0.1, -0.05) is 17.9 Å². The molecule has 1 aromatic carbocycles. The third-order valence-corrected chi connectivity index (χ3v) is 1.55. The Morgan fingerprint density at radius 1 is 1.50 bits per heavy atom. The Hall–Kier alpha value is -2.09. The maximum atomic E-state index is 11.9. The van der Waals surface area contributed by atoms with E-state index in [1.165, 1.54) is 18.2 Å². The number of hydrogen-bond donors (Lipinski definition) is 1. The minimum Gasteiger partial charge on any atom is -0.435 e. The Bertz CT molecular complexity index is 435. The number of amides is 1. The van der Waals surface area contributed by atoms with Crippen LogP contribution >= 0.6 is 0 Å². The van der Waals surface area contributed by atoms with Crippen LogP contribution in [0.2, 0.25) is 0 Å². The van der Waals surface area contributed by atoms with Crippen LogP contribution in [0.15, 0.2) is 24.3 Å². The number of alkyl halides is 2. The van der Waals surface area contributed by atoms with Gasteiger partial charge in [-0.05, 0) is 18.2 Å². The van der Waals surface area contributed by atoms with Crippen LogP contribution in [0, 0.1) is 11.8 Å². The highest BCUT2D eigenvalue weighted by atomic mass is 19.3. The number of carbonyl (C=O) groups is 1. The molecule has 0 heterocycles. The van der Waals surface area contributed by atoms with Crippen LogP contribution in [0.4, 0.5) is 8.78 Å². The van der Waals surface area contributed by atoms with E-state index in [0.717, 1.165) is 0 Å². The predicted molar refractivity (Wildman–Crippen MR) is 53.8 cm³/mol. The molecule has 1 aromatic rings. The van der Waals surface area contributed by atoms with Crippen molar-refractivity contribution in [2.24, 2.45) is 5.73 Å². The van der Waals surface area contributed by atoms with E-state index in [1.807, 2.05) is 0 Å². The highest BCUT2D eigenvalue weighted by Crippen LogP contribution is 2.15. The van der Waals surface area contributed by atoms with Gasteiger partial charge in [0.2, 0.25) is 5.91 Å². The lowest BCUT2D eigenvalue weighted by atomic mass is 10.2. The van der Waals surface area contributed by atoms with Crippen molar-refractivity contribution >= 4 is 5.91 Å². The van der Waals surface area contributed by atoms with E-state index in [-0.39, 0.29) is 12.2 Å². The van der Waals surface area contributed by atoms with Crippen LogP contribution in [0.5, 0.6) is 5.75 Å². The lowest BCUT2D eigenvalue weighted by Gasteiger charge is -2.03. The Morgan fingerprint density at radius 3 is 2.88 bits per heavy atom. The standard InChI is InChI=1S/C11H9F2NO2/c12-11(13)16-9-5-1-3-8(7-9)4-2-6-10(14)15/h1,3,5,7,11H,6H2,(H2,14,15). The van der Waals surface area contributed by atoms with E-state index in [2.05, 4.69) is 16.6 Å². The summed E-state index contributed by atoms with van der Waals surface area (Å²) in [6.07, 6.45) is -0.0695. The second-order valence-electron chi connectivity index (χ2n) is 2.85. The summed E-state index contributed by atoms with van der Waals surface area (Å²) in [5.74, 6) is 4.62. The summed E-state index contributed by atoms with van der Waals surface area (Å²) >= 11 is 0. The van der Waals surface area contributed by atoms with Gasteiger partial charge in [0.15, 0.2) is 0 Å². The van der Waals surface area contributed by atoms with Crippen LogP contribution in [0.1, 0.15) is 12.0 Å². The third-order valence-electron chi connectivity index (χ3n) is 1.55. The molecular formula is C11H9F2NO2. The van der Waals surface area contributed by atoms with Crippen molar-refractivity contribution in [1.29, 1.82) is 0 Å². The smallest absolute Gasteiger partial charge is 0.387 e. The molecule has 0 aliphatic rings. The molecule has 0 bridgehead atoms. The van der Waals surface area contributed by atoms with Crippen molar-refractivity contribution in [3.05, 3.63) is 29.8 Å². The largest absolute Gasteiger partial charge is 0.435 e. The molecule has 0 radical (unpaired) electrons. The summed E-state index contributed by atoms with van der Waals surface area (Å²) in [4.78, 5) is 10.4.